The maximum Gasteiger partial charge on any atom is 0.321 e. The molecule has 2 fully saturated rings. The number of aryl methyl sites for hydroxylation is 1. The Labute approximate surface area is 128 Å². The topological polar surface area (TPSA) is 95.4 Å². The predicted molar refractivity (Wildman–Crippen MR) is 79.7 cm³/mol. The van der Waals surface area contributed by atoms with Crippen LogP contribution in [0.5, 0.6) is 0 Å². The molecule has 22 heavy (non-hydrogen) atoms. The van der Waals surface area contributed by atoms with Crippen LogP contribution < -0.4 is 5.32 Å². The molecule has 0 spiro atoms. The van der Waals surface area contributed by atoms with Gasteiger partial charge in [0.05, 0.1) is 23.5 Å². The van der Waals surface area contributed by atoms with Crippen molar-refractivity contribution in [3.63, 3.8) is 0 Å². The summed E-state index contributed by atoms with van der Waals surface area (Å²) >= 11 is 0. The molecule has 1 saturated heterocycles. The van der Waals surface area contributed by atoms with E-state index in [2.05, 4.69) is 15.3 Å². The van der Waals surface area contributed by atoms with Gasteiger partial charge in [-0.1, -0.05) is 0 Å². The molecule has 1 aromatic rings. The van der Waals surface area contributed by atoms with Gasteiger partial charge in [0, 0.05) is 19.0 Å². The van der Waals surface area contributed by atoms with Crippen LogP contribution in [0.3, 0.4) is 0 Å². The average molecular weight is 304 g/mol. The van der Waals surface area contributed by atoms with Crippen LogP contribution in [0.2, 0.25) is 0 Å². The van der Waals surface area contributed by atoms with E-state index in [9.17, 15) is 9.59 Å². The molecule has 0 aromatic carbocycles. The Hall–Kier alpha value is -2.18. The molecule has 2 heterocycles. The number of aromatic nitrogens is 2. The number of aliphatic carboxylic acids is 1. The normalized spacial score (nSPS) is 21.5. The first kappa shape index (κ1) is 14.7. The lowest BCUT2D eigenvalue weighted by Crippen LogP contribution is -2.44. The molecular weight excluding hydrogens is 284 g/mol. The Morgan fingerprint density at radius 1 is 1.36 bits per heavy atom. The zero-order valence-corrected chi connectivity index (χ0v) is 12.6. The van der Waals surface area contributed by atoms with Gasteiger partial charge in [0.1, 0.15) is 5.82 Å². The third-order valence-electron chi connectivity index (χ3n) is 4.20. The molecule has 118 valence electrons. The maximum absolute atomic E-state index is 12.4. The largest absolute Gasteiger partial charge is 0.481 e. The number of rotatable bonds is 3. The smallest absolute Gasteiger partial charge is 0.321 e. The first-order valence-corrected chi connectivity index (χ1v) is 7.67. The highest BCUT2D eigenvalue weighted by Gasteiger charge is 2.31. The molecule has 1 aliphatic carbocycles. The Kier molecular flexibility index (Phi) is 3.96. The molecule has 1 aliphatic heterocycles. The first-order valence-electron chi connectivity index (χ1n) is 7.67. The van der Waals surface area contributed by atoms with E-state index >= 15 is 0 Å². The molecule has 0 radical (unpaired) electrons. The highest BCUT2D eigenvalue weighted by molar-refractivity contribution is 5.90. The molecule has 1 unspecified atom stereocenters. The van der Waals surface area contributed by atoms with Gasteiger partial charge in [-0.2, -0.15) is 0 Å². The number of anilines is 1. The second-order valence-electron chi connectivity index (χ2n) is 6.04. The summed E-state index contributed by atoms with van der Waals surface area (Å²) in [5.41, 5.74) is 1.54. The molecule has 3 rings (SSSR count). The number of urea groups is 1. The van der Waals surface area contributed by atoms with Gasteiger partial charge < -0.3 is 15.3 Å². The van der Waals surface area contributed by atoms with Crippen molar-refractivity contribution in [1.29, 1.82) is 0 Å². The number of nitrogens with one attached hydrogen (secondary N) is 1. The van der Waals surface area contributed by atoms with Gasteiger partial charge in [-0.25, -0.2) is 14.8 Å². The zero-order chi connectivity index (χ0) is 15.7. The van der Waals surface area contributed by atoms with E-state index in [0.717, 1.165) is 18.5 Å². The number of nitrogens with zero attached hydrogens (tertiary/aromatic N) is 3. The fourth-order valence-corrected chi connectivity index (χ4v) is 2.81. The van der Waals surface area contributed by atoms with Crippen LogP contribution in [0, 0.1) is 12.8 Å². The molecule has 2 N–H and O–H groups in total. The lowest BCUT2D eigenvalue weighted by atomic mass is 9.99. The number of hydrogen-bond acceptors (Lipinski definition) is 4. The van der Waals surface area contributed by atoms with Gasteiger partial charge in [-0.15, -0.1) is 0 Å². The van der Waals surface area contributed by atoms with E-state index in [-0.39, 0.29) is 12.6 Å². The zero-order valence-electron chi connectivity index (χ0n) is 12.6. The maximum atomic E-state index is 12.4. The van der Waals surface area contributed by atoms with Crippen LogP contribution in [0.15, 0.2) is 6.20 Å². The SMILES string of the molecule is Cc1ncc(NC(=O)N2CCCC(C(=O)O)C2)c(C2CC2)n1. The van der Waals surface area contributed by atoms with Gasteiger partial charge in [0.15, 0.2) is 0 Å². The van der Waals surface area contributed by atoms with Crippen molar-refractivity contribution in [3.8, 4) is 0 Å². The van der Waals surface area contributed by atoms with Crippen molar-refractivity contribution in [2.24, 2.45) is 5.92 Å². The molecule has 1 saturated carbocycles. The van der Waals surface area contributed by atoms with Gasteiger partial charge >= 0.3 is 12.0 Å². The lowest BCUT2D eigenvalue weighted by Gasteiger charge is -2.30. The van der Waals surface area contributed by atoms with Crippen LogP contribution in [-0.2, 0) is 4.79 Å². The number of amides is 2. The standard InChI is InChI=1S/C15H20N4O3/c1-9-16-7-12(13(17-9)10-4-5-10)18-15(22)19-6-2-3-11(8-19)14(20)21/h7,10-11H,2-6,8H2,1H3,(H,18,22)(H,20,21). The van der Waals surface area contributed by atoms with E-state index < -0.39 is 11.9 Å². The van der Waals surface area contributed by atoms with E-state index in [4.69, 9.17) is 5.11 Å². The molecule has 2 aliphatic rings. The number of carbonyl (C=O) groups excluding carboxylic acids is 1. The summed E-state index contributed by atoms with van der Waals surface area (Å²) < 4.78 is 0. The van der Waals surface area contributed by atoms with Crippen molar-refractivity contribution in [2.45, 2.75) is 38.5 Å². The second kappa shape index (κ2) is 5.90. The number of carboxylic acids is 1. The molecule has 1 aromatic heterocycles. The van der Waals surface area contributed by atoms with Gasteiger partial charge in [-0.3, -0.25) is 4.79 Å². The van der Waals surface area contributed by atoms with Gasteiger partial charge in [-0.05, 0) is 32.6 Å². The molecule has 1 atom stereocenters. The number of hydrogen-bond donors (Lipinski definition) is 2. The first-order chi connectivity index (χ1) is 10.5. The summed E-state index contributed by atoms with van der Waals surface area (Å²) in [7, 11) is 0. The van der Waals surface area contributed by atoms with Crippen molar-refractivity contribution in [3.05, 3.63) is 17.7 Å². The van der Waals surface area contributed by atoms with Crippen LogP contribution in [0.4, 0.5) is 10.5 Å². The third kappa shape index (κ3) is 3.18. The summed E-state index contributed by atoms with van der Waals surface area (Å²) in [4.78, 5) is 33.6. The molecule has 7 heteroatoms. The van der Waals surface area contributed by atoms with Gasteiger partial charge in [0.2, 0.25) is 0 Å². The summed E-state index contributed by atoms with van der Waals surface area (Å²) in [6.07, 6.45) is 5.16. The Morgan fingerprint density at radius 2 is 2.14 bits per heavy atom. The minimum Gasteiger partial charge on any atom is -0.481 e. The number of likely N-dealkylation sites (tertiary alicyclic amines) is 1. The Balaban J connectivity index is 1.70. The molecule has 2 amide bonds. The van der Waals surface area contributed by atoms with E-state index in [1.54, 1.807) is 11.1 Å². The Bertz CT molecular complexity index is 600. The molecule has 7 nitrogen and oxygen atoms in total. The third-order valence-corrected chi connectivity index (χ3v) is 4.20. The van der Waals surface area contributed by atoms with Crippen LogP contribution in [-0.4, -0.2) is 45.1 Å². The predicted octanol–water partition coefficient (Wildman–Crippen LogP) is 1.99. The summed E-state index contributed by atoms with van der Waals surface area (Å²) in [5.74, 6) is -0.208. The minimum absolute atomic E-state index is 0.257. The van der Waals surface area contributed by atoms with Crippen LogP contribution in [0.25, 0.3) is 0 Å². The van der Waals surface area contributed by atoms with Crippen molar-refractivity contribution in [1.82, 2.24) is 14.9 Å². The van der Waals surface area contributed by atoms with Crippen molar-refractivity contribution >= 4 is 17.7 Å². The van der Waals surface area contributed by atoms with Crippen molar-refractivity contribution < 1.29 is 14.7 Å². The van der Waals surface area contributed by atoms with Crippen LogP contribution >= 0.6 is 0 Å². The van der Waals surface area contributed by atoms with E-state index in [0.29, 0.717) is 36.8 Å². The monoisotopic (exact) mass is 304 g/mol. The van der Waals surface area contributed by atoms with Crippen LogP contribution in [0.1, 0.15) is 43.1 Å². The number of carbonyl (C=O) groups is 2. The van der Waals surface area contributed by atoms with Gasteiger partial charge in [0.25, 0.3) is 0 Å². The second-order valence-corrected chi connectivity index (χ2v) is 6.04. The summed E-state index contributed by atoms with van der Waals surface area (Å²) in [6, 6.07) is -0.264. The van der Waals surface area contributed by atoms with E-state index in [1.165, 1.54) is 0 Å². The number of carboxylic acid groups (broad SMARTS) is 1. The van der Waals surface area contributed by atoms with E-state index in [1.807, 2.05) is 6.92 Å². The fourth-order valence-electron chi connectivity index (χ4n) is 2.81. The molecule has 0 bridgehead atoms. The molecular formula is C15H20N4O3. The van der Waals surface area contributed by atoms with Crippen molar-refractivity contribution in [2.75, 3.05) is 18.4 Å². The highest BCUT2D eigenvalue weighted by atomic mass is 16.4. The number of piperidine rings is 1. The highest BCUT2D eigenvalue weighted by Crippen LogP contribution is 2.42. The minimum atomic E-state index is -0.838. The summed E-state index contributed by atoms with van der Waals surface area (Å²) in [5, 5.41) is 12.0. The fraction of sp³-hybridized carbons (Fsp3) is 0.600. The average Bonchev–Trinajstić information content (AvgIpc) is 3.33. The Morgan fingerprint density at radius 3 is 2.82 bits per heavy atom. The lowest BCUT2D eigenvalue weighted by molar-refractivity contribution is -0.143. The summed E-state index contributed by atoms with van der Waals surface area (Å²) in [6.45, 7) is 2.67. The quantitative estimate of drug-likeness (QED) is 0.890.